The van der Waals surface area contributed by atoms with Gasteiger partial charge in [-0.15, -0.1) is 0 Å². The molecule has 274 valence electrons. The Morgan fingerprint density at radius 1 is 0.393 bits per heavy atom. The second kappa shape index (κ2) is 15.7. The van der Waals surface area contributed by atoms with Crippen molar-refractivity contribution in [2.75, 3.05) is 0 Å². The Morgan fingerprint density at radius 3 is 1.16 bits per heavy atom. The van der Waals surface area contributed by atoms with E-state index in [0.29, 0.717) is 0 Å². The summed E-state index contributed by atoms with van der Waals surface area (Å²) in [4.78, 5) is 0. The highest BCUT2D eigenvalue weighted by molar-refractivity contribution is 7.86. The van der Waals surface area contributed by atoms with Crippen molar-refractivity contribution in [1.82, 2.24) is 0 Å². The van der Waals surface area contributed by atoms with E-state index in [4.69, 9.17) is 13.0 Å². The molecule has 9 rings (SSSR count). The summed E-state index contributed by atoms with van der Waals surface area (Å²) in [6.07, 6.45) is 0.920. The maximum Gasteiger partial charge on any atom is 0.361 e. The second-order valence-corrected chi connectivity index (χ2v) is 15.0. The van der Waals surface area contributed by atoms with Crippen LogP contribution in [0.15, 0.2) is 194 Å². The molecule has 1 aliphatic carbocycles. The summed E-state index contributed by atoms with van der Waals surface area (Å²) < 4.78 is 47.0. The van der Waals surface area contributed by atoms with Gasteiger partial charge in [0.15, 0.2) is 0 Å². The van der Waals surface area contributed by atoms with Crippen molar-refractivity contribution in [2.24, 2.45) is 0 Å². The Morgan fingerprint density at radius 2 is 0.732 bits per heavy atom. The van der Waals surface area contributed by atoms with Crippen LogP contribution in [0.25, 0.3) is 77.9 Å². The fourth-order valence-electron chi connectivity index (χ4n) is 7.51. The molecule has 0 unspecified atom stereocenters. The van der Waals surface area contributed by atoms with E-state index in [2.05, 4.69) is 194 Å². The molecule has 1 N–H and O–H groups in total. The third-order valence-electron chi connectivity index (χ3n) is 10.2. The van der Waals surface area contributed by atoms with Gasteiger partial charge < -0.3 is 0 Å². The summed E-state index contributed by atoms with van der Waals surface area (Å²) in [6.45, 7) is 0. The largest absolute Gasteiger partial charge is 0.361 e. The molecule has 0 fully saturated rings. The average Bonchev–Trinajstić information content (AvgIpc) is 3.62. The van der Waals surface area contributed by atoms with Crippen molar-refractivity contribution in [3.63, 3.8) is 0 Å². The van der Waals surface area contributed by atoms with Crippen LogP contribution in [0.4, 0.5) is 8.78 Å². The minimum absolute atomic E-state index is 0.920. The lowest BCUT2D eigenvalue weighted by Gasteiger charge is -2.22. The number of halogens is 2. The molecule has 0 spiro atoms. The lowest BCUT2D eigenvalue weighted by Crippen LogP contribution is -2.07. The molecular formula is C50H36F2O3S. The van der Waals surface area contributed by atoms with Gasteiger partial charge in [0.1, 0.15) is 0 Å². The van der Waals surface area contributed by atoms with E-state index in [1.165, 1.54) is 89.0 Å². The van der Waals surface area contributed by atoms with E-state index in [1.54, 1.807) is 0 Å². The van der Waals surface area contributed by atoms with Gasteiger partial charge in [-0.25, -0.2) is 0 Å². The number of hydrogen-bond donors (Lipinski definition) is 1. The zero-order valence-electron chi connectivity index (χ0n) is 30.2. The second-order valence-electron chi connectivity index (χ2n) is 13.6. The van der Waals surface area contributed by atoms with Gasteiger partial charge in [-0.2, -0.15) is 17.2 Å². The van der Waals surface area contributed by atoms with Gasteiger partial charge in [-0.1, -0.05) is 188 Å². The van der Waals surface area contributed by atoms with Crippen LogP contribution in [0.2, 0.25) is 0 Å². The molecule has 56 heavy (non-hydrogen) atoms. The van der Waals surface area contributed by atoms with Gasteiger partial charge in [0.05, 0.1) is 0 Å². The highest BCUT2D eigenvalue weighted by Crippen LogP contribution is 2.51. The third-order valence-corrected chi connectivity index (χ3v) is 10.6. The van der Waals surface area contributed by atoms with Crippen molar-refractivity contribution in [3.05, 3.63) is 205 Å². The zero-order valence-corrected chi connectivity index (χ0v) is 31.0. The predicted octanol–water partition coefficient (Wildman–Crippen LogP) is 13.4. The van der Waals surface area contributed by atoms with Gasteiger partial charge in [0.2, 0.25) is 0 Å². The maximum absolute atomic E-state index is 10.7. The van der Waals surface area contributed by atoms with Crippen molar-refractivity contribution < 1.29 is 21.8 Å². The smallest absolute Gasteiger partial charge is 0.281 e. The van der Waals surface area contributed by atoms with E-state index in [9.17, 15) is 8.78 Å². The maximum atomic E-state index is 10.7. The molecule has 0 saturated carbocycles. The van der Waals surface area contributed by atoms with Crippen molar-refractivity contribution >= 4 is 10.1 Å². The lowest BCUT2D eigenvalue weighted by molar-refractivity contribution is 0.217. The highest BCUT2D eigenvalue weighted by Gasteiger charge is 2.27. The molecule has 0 heterocycles. The first-order valence-electron chi connectivity index (χ1n) is 18.2. The SMILES string of the molecule is O=S(=O)(O)C(F)F.c1ccc(-c2ccc(-c3cc4c(c(-c5ccc(-c6ccccc6)cc5)c3-c3ccc(-c5ccccc5)cc3)Cc3ccccc3-4)cc2)cc1. The van der Waals surface area contributed by atoms with Gasteiger partial charge in [0.25, 0.3) is 0 Å². The van der Waals surface area contributed by atoms with Crippen molar-refractivity contribution in [2.45, 2.75) is 12.2 Å². The fraction of sp³-hybridized carbons (Fsp3) is 0.0400. The lowest BCUT2D eigenvalue weighted by atomic mass is 9.81. The van der Waals surface area contributed by atoms with E-state index >= 15 is 0 Å². The summed E-state index contributed by atoms with van der Waals surface area (Å²) in [5.41, 5.74) is 20.4. The summed E-state index contributed by atoms with van der Waals surface area (Å²) in [5, 5.41) is 0. The summed E-state index contributed by atoms with van der Waals surface area (Å²) in [6, 6.07) is 70.9. The standard InChI is InChI=1S/C49H34.CH2F2O3S/c1-4-12-34(13-5-1)37-20-26-40(27-21-37)45-33-46-44-19-11-10-18-43(44)32-47(46)49(42-30-24-39(25-31-42)36-16-8-3-9-17-36)48(45)41-28-22-38(23-29-41)35-14-6-2-7-15-35;2-1(3)7(4,5)6/h1-31,33H,32H2;1H,(H,4,5,6). The fourth-order valence-corrected chi connectivity index (χ4v) is 7.51. The minimum Gasteiger partial charge on any atom is -0.281 e. The van der Waals surface area contributed by atoms with Gasteiger partial charge in [-0.3, -0.25) is 4.55 Å². The molecule has 0 aliphatic heterocycles. The molecule has 6 heteroatoms. The van der Waals surface area contributed by atoms with Crippen molar-refractivity contribution in [1.29, 1.82) is 0 Å². The molecule has 0 amide bonds. The Hall–Kier alpha value is -6.47. The van der Waals surface area contributed by atoms with Crippen LogP contribution < -0.4 is 0 Å². The first-order chi connectivity index (χ1) is 27.2. The zero-order chi connectivity index (χ0) is 38.6. The van der Waals surface area contributed by atoms with Crippen molar-refractivity contribution in [3.8, 4) is 77.9 Å². The molecule has 8 aromatic carbocycles. The Kier molecular flexibility index (Phi) is 10.2. The summed E-state index contributed by atoms with van der Waals surface area (Å²) in [7, 11) is -5.07. The predicted molar refractivity (Wildman–Crippen MR) is 225 cm³/mol. The normalized spacial score (nSPS) is 11.7. The molecule has 1 aliphatic rings. The topological polar surface area (TPSA) is 54.4 Å². The summed E-state index contributed by atoms with van der Waals surface area (Å²) in [5.74, 6) is -3.67. The molecule has 0 bridgehead atoms. The molecule has 0 saturated heterocycles. The van der Waals surface area contributed by atoms with E-state index in [0.717, 1.165) is 6.42 Å². The number of hydrogen-bond acceptors (Lipinski definition) is 2. The Balaban J connectivity index is 0.000000579. The monoisotopic (exact) mass is 754 g/mol. The summed E-state index contributed by atoms with van der Waals surface area (Å²) >= 11 is 0. The van der Waals surface area contributed by atoms with E-state index < -0.39 is 15.9 Å². The highest BCUT2D eigenvalue weighted by atomic mass is 32.2. The van der Waals surface area contributed by atoms with Crippen LogP contribution in [0.1, 0.15) is 11.1 Å². The first-order valence-corrected chi connectivity index (χ1v) is 19.7. The molecule has 8 aromatic rings. The Labute approximate surface area is 326 Å². The van der Waals surface area contributed by atoms with Crippen LogP contribution >= 0.6 is 0 Å². The third kappa shape index (κ3) is 7.58. The molecular weight excluding hydrogens is 719 g/mol. The molecule has 0 aromatic heterocycles. The number of rotatable bonds is 7. The van der Waals surface area contributed by atoms with Crippen LogP contribution in [-0.4, -0.2) is 18.7 Å². The van der Waals surface area contributed by atoms with Crippen LogP contribution in [0.3, 0.4) is 0 Å². The molecule has 3 nitrogen and oxygen atoms in total. The van der Waals surface area contributed by atoms with Crippen LogP contribution in [0.5, 0.6) is 0 Å². The average molecular weight is 755 g/mol. The molecule has 0 atom stereocenters. The number of alkyl halides is 2. The van der Waals surface area contributed by atoms with Crippen LogP contribution in [-0.2, 0) is 16.5 Å². The Bertz CT molecular complexity index is 2720. The van der Waals surface area contributed by atoms with Gasteiger partial charge in [0, 0.05) is 0 Å². The van der Waals surface area contributed by atoms with E-state index in [-0.39, 0.29) is 0 Å². The minimum atomic E-state index is -5.07. The van der Waals surface area contributed by atoms with E-state index in [1.807, 2.05) is 0 Å². The first kappa shape index (κ1) is 36.5. The number of benzene rings is 8. The van der Waals surface area contributed by atoms with Gasteiger partial charge in [-0.05, 0) is 102 Å². The number of fused-ring (bicyclic) bond motifs is 3. The van der Waals surface area contributed by atoms with Crippen LogP contribution in [0, 0.1) is 0 Å². The van der Waals surface area contributed by atoms with Gasteiger partial charge >= 0.3 is 15.9 Å². The molecule has 0 radical (unpaired) electrons. The quantitative estimate of drug-likeness (QED) is 0.165.